The van der Waals surface area contributed by atoms with Crippen LogP contribution in [0.2, 0.25) is 0 Å². The molecule has 0 aromatic heterocycles. The fourth-order valence-electron chi connectivity index (χ4n) is 2.56. The predicted octanol–water partition coefficient (Wildman–Crippen LogP) is 4.43. The van der Waals surface area contributed by atoms with Crippen LogP contribution in [-0.4, -0.2) is 22.9 Å². The smallest absolute Gasteiger partial charge is 0.333 e. The Kier molecular flexibility index (Phi) is 9.03. The second-order valence-electron chi connectivity index (χ2n) is 6.09. The summed E-state index contributed by atoms with van der Waals surface area (Å²) >= 11 is 0. The maximum Gasteiger partial charge on any atom is 0.333 e. The average molecular weight is 319 g/mol. The lowest BCUT2D eigenvalue weighted by atomic mass is 10.0. The number of unbranched alkanes of at least 4 members (excludes halogenated alkanes) is 6. The number of carboxylic acid groups (broad SMARTS) is 1. The largest absolute Gasteiger partial charge is 0.479 e. The monoisotopic (exact) mass is 319 g/mol. The molecular formula is C19H29NO3. The number of hydrogen-bond acceptors (Lipinski definition) is 3. The van der Waals surface area contributed by atoms with Crippen molar-refractivity contribution in [3.05, 3.63) is 29.8 Å². The van der Waals surface area contributed by atoms with Crippen LogP contribution in [0.3, 0.4) is 0 Å². The van der Waals surface area contributed by atoms with Crippen LogP contribution in [0.25, 0.3) is 0 Å². The lowest BCUT2D eigenvalue weighted by Crippen LogP contribution is -2.35. The van der Waals surface area contributed by atoms with E-state index in [1.165, 1.54) is 57.4 Å². The van der Waals surface area contributed by atoms with E-state index in [2.05, 4.69) is 12.2 Å². The molecule has 128 valence electrons. The molecule has 0 spiro atoms. The first-order chi connectivity index (χ1) is 11.0. The summed E-state index contributed by atoms with van der Waals surface area (Å²) in [5.74, 6) is -1.55. The van der Waals surface area contributed by atoms with Crippen LogP contribution in [0.4, 0.5) is 5.69 Å². The van der Waals surface area contributed by atoms with Crippen molar-refractivity contribution in [1.29, 1.82) is 0 Å². The maximum absolute atomic E-state index is 11.3. The quantitative estimate of drug-likeness (QED) is 0.442. The van der Waals surface area contributed by atoms with Crippen LogP contribution >= 0.6 is 0 Å². The van der Waals surface area contributed by atoms with Crippen molar-refractivity contribution in [1.82, 2.24) is 0 Å². The first-order valence-corrected chi connectivity index (χ1v) is 8.63. The van der Waals surface area contributed by atoms with E-state index in [-0.39, 0.29) is 0 Å². The van der Waals surface area contributed by atoms with Crippen LogP contribution < -0.4 is 5.32 Å². The van der Waals surface area contributed by atoms with Gasteiger partial charge in [0.05, 0.1) is 0 Å². The Labute approximate surface area is 139 Å². The van der Waals surface area contributed by atoms with Crippen LogP contribution in [0.15, 0.2) is 24.3 Å². The molecule has 0 heterocycles. The number of aliphatic carboxylic acids is 1. The second-order valence-corrected chi connectivity index (χ2v) is 6.09. The number of carboxylic acids is 1. The van der Waals surface area contributed by atoms with Crippen molar-refractivity contribution in [2.45, 2.75) is 71.3 Å². The van der Waals surface area contributed by atoms with E-state index in [0.29, 0.717) is 5.69 Å². The minimum absolute atomic E-state index is 0.398. The van der Waals surface area contributed by atoms with Gasteiger partial charge in [-0.3, -0.25) is 4.79 Å². The standard InChI is InChI=1S/C19H29NO3/c1-3-4-5-6-7-8-9-10-16-11-13-17(14-12-16)20-18(15(2)21)19(22)23/h11-14,18,20H,3-10H2,1-2H3,(H,22,23). The third-order valence-electron chi connectivity index (χ3n) is 3.99. The number of aryl methyl sites for hydroxylation is 1. The van der Waals surface area contributed by atoms with Crippen molar-refractivity contribution in [2.75, 3.05) is 5.32 Å². The lowest BCUT2D eigenvalue weighted by Gasteiger charge is -2.13. The van der Waals surface area contributed by atoms with Gasteiger partial charge in [-0.2, -0.15) is 0 Å². The Morgan fingerprint density at radius 2 is 1.57 bits per heavy atom. The minimum Gasteiger partial charge on any atom is -0.479 e. The molecule has 0 bridgehead atoms. The molecule has 1 atom stereocenters. The van der Waals surface area contributed by atoms with E-state index in [4.69, 9.17) is 5.11 Å². The molecule has 4 heteroatoms. The molecule has 0 amide bonds. The number of carbonyl (C=O) groups excluding carboxylic acids is 1. The van der Waals surface area contributed by atoms with E-state index >= 15 is 0 Å². The molecule has 23 heavy (non-hydrogen) atoms. The molecule has 0 aliphatic carbocycles. The first-order valence-electron chi connectivity index (χ1n) is 8.63. The molecule has 0 saturated heterocycles. The third-order valence-corrected chi connectivity index (χ3v) is 3.99. The van der Waals surface area contributed by atoms with E-state index in [1.54, 1.807) is 0 Å². The molecule has 0 aliphatic rings. The highest BCUT2D eigenvalue weighted by molar-refractivity contribution is 6.03. The van der Waals surface area contributed by atoms with Crippen LogP contribution in [-0.2, 0) is 16.0 Å². The third kappa shape index (κ3) is 7.82. The fraction of sp³-hybridized carbons (Fsp3) is 0.579. The SMILES string of the molecule is CCCCCCCCCc1ccc(NC(C(C)=O)C(=O)O)cc1. The average Bonchev–Trinajstić information content (AvgIpc) is 2.52. The maximum atomic E-state index is 11.3. The van der Waals surface area contributed by atoms with Gasteiger partial charge in [0.2, 0.25) is 0 Å². The molecule has 0 saturated carbocycles. The molecule has 0 fully saturated rings. The summed E-state index contributed by atoms with van der Waals surface area (Å²) in [4.78, 5) is 22.3. The van der Waals surface area contributed by atoms with Gasteiger partial charge in [0.1, 0.15) is 0 Å². The minimum atomic E-state index is -1.18. The van der Waals surface area contributed by atoms with Crippen molar-refractivity contribution in [2.24, 2.45) is 0 Å². The summed E-state index contributed by atoms with van der Waals surface area (Å²) in [5, 5.41) is 11.7. The number of benzene rings is 1. The van der Waals surface area contributed by atoms with Gasteiger partial charge < -0.3 is 10.4 Å². The van der Waals surface area contributed by atoms with Gasteiger partial charge in [-0.15, -0.1) is 0 Å². The Bertz CT molecular complexity index is 468. The van der Waals surface area contributed by atoms with Gasteiger partial charge in [0.25, 0.3) is 0 Å². The molecule has 4 nitrogen and oxygen atoms in total. The van der Waals surface area contributed by atoms with Crippen LogP contribution in [0.1, 0.15) is 64.4 Å². The molecular weight excluding hydrogens is 290 g/mol. The topological polar surface area (TPSA) is 66.4 Å². The zero-order valence-corrected chi connectivity index (χ0v) is 14.3. The highest BCUT2D eigenvalue weighted by Gasteiger charge is 2.21. The lowest BCUT2D eigenvalue weighted by molar-refractivity contribution is -0.140. The number of hydrogen-bond donors (Lipinski definition) is 2. The number of Topliss-reactive ketones (excluding diaryl/α,β-unsaturated/α-hetero) is 1. The number of anilines is 1. The Hall–Kier alpha value is -1.84. The molecule has 1 aromatic carbocycles. The van der Waals surface area contributed by atoms with Gasteiger partial charge in [-0.05, 0) is 37.5 Å². The zero-order chi connectivity index (χ0) is 17.1. The zero-order valence-electron chi connectivity index (χ0n) is 14.3. The number of ketones is 1. The summed E-state index contributed by atoms with van der Waals surface area (Å²) in [6, 6.07) is 6.51. The summed E-state index contributed by atoms with van der Waals surface area (Å²) < 4.78 is 0. The highest BCUT2D eigenvalue weighted by atomic mass is 16.4. The Balaban J connectivity index is 2.33. The predicted molar refractivity (Wildman–Crippen MR) is 93.9 cm³/mol. The van der Waals surface area contributed by atoms with Crippen molar-refractivity contribution < 1.29 is 14.7 Å². The molecule has 2 N–H and O–H groups in total. The molecule has 0 radical (unpaired) electrons. The van der Waals surface area contributed by atoms with E-state index in [1.807, 2.05) is 24.3 Å². The molecule has 1 aromatic rings. The van der Waals surface area contributed by atoms with Gasteiger partial charge in [0.15, 0.2) is 11.8 Å². The van der Waals surface area contributed by atoms with Gasteiger partial charge in [0, 0.05) is 5.69 Å². The Morgan fingerprint density at radius 3 is 2.09 bits per heavy atom. The van der Waals surface area contributed by atoms with Gasteiger partial charge in [-0.1, -0.05) is 57.6 Å². The second kappa shape index (κ2) is 10.8. The normalized spacial score (nSPS) is 11.9. The van der Waals surface area contributed by atoms with Crippen LogP contribution in [0, 0.1) is 0 Å². The number of nitrogens with one attached hydrogen (secondary N) is 1. The molecule has 1 unspecified atom stereocenters. The summed E-state index contributed by atoms with van der Waals surface area (Å²) in [5.41, 5.74) is 1.91. The first kappa shape index (κ1) is 19.2. The summed E-state index contributed by atoms with van der Waals surface area (Å²) in [6.45, 7) is 3.51. The fourth-order valence-corrected chi connectivity index (χ4v) is 2.56. The van der Waals surface area contributed by atoms with E-state index in [0.717, 1.165) is 6.42 Å². The van der Waals surface area contributed by atoms with Crippen LogP contribution in [0.5, 0.6) is 0 Å². The van der Waals surface area contributed by atoms with Crippen molar-refractivity contribution in [3.8, 4) is 0 Å². The molecule has 0 aliphatic heterocycles. The highest BCUT2D eigenvalue weighted by Crippen LogP contribution is 2.14. The molecule has 1 rings (SSSR count). The summed E-state index contributed by atoms with van der Waals surface area (Å²) in [6.07, 6.45) is 10.1. The number of rotatable bonds is 12. The van der Waals surface area contributed by atoms with Crippen molar-refractivity contribution in [3.63, 3.8) is 0 Å². The van der Waals surface area contributed by atoms with Gasteiger partial charge in [-0.25, -0.2) is 4.79 Å². The Morgan fingerprint density at radius 1 is 1.00 bits per heavy atom. The van der Waals surface area contributed by atoms with Crippen molar-refractivity contribution >= 4 is 17.4 Å². The summed E-state index contributed by atoms with van der Waals surface area (Å²) in [7, 11) is 0. The van der Waals surface area contributed by atoms with Gasteiger partial charge >= 0.3 is 5.97 Å². The number of carbonyl (C=O) groups is 2. The van der Waals surface area contributed by atoms with E-state index in [9.17, 15) is 9.59 Å². The van der Waals surface area contributed by atoms with E-state index < -0.39 is 17.8 Å².